The monoisotopic (exact) mass is 752 g/mol. The summed E-state index contributed by atoms with van der Waals surface area (Å²) in [4.78, 5) is 0. The van der Waals surface area contributed by atoms with Crippen LogP contribution in [0.15, 0.2) is 121 Å². The van der Waals surface area contributed by atoms with Crippen molar-refractivity contribution in [3.63, 3.8) is 0 Å². The van der Waals surface area contributed by atoms with Gasteiger partial charge in [-0.05, 0) is 51.4 Å². The molecule has 0 aromatic heterocycles. The van der Waals surface area contributed by atoms with Crippen LogP contribution >= 0.6 is 7.92 Å². The third-order valence-electron chi connectivity index (χ3n) is 6.15. The second kappa shape index (κ2) is 21.3. The molecule has 0 bridgehead atoms. The standard InChI is InChI=1S/C26H24AsP.C8H12.ClHO4.Rh/c1-5-13-23(14-6-1)27(24-15-7-2-8-16-24)21-22-28(25-17-9-3-10-18-25)26-19-11-4-12-20-26;1-2-4-6-8-7-5-3-1;2-1(3,4)5;/h1-20H,21-22H2;1-2,7-8H,3-6H2;(H,2,3,4,5);/p-1. The first-order valence-electron chi connectivity index (χ1n) is 13.6. The van der Waals surface area contributed by atoms with Gasteiger partial charge in [0, 0.05) is 19.5 Å². The van der Waals surface area contributed by atoms with Crippen LogP contribution in [0, 0.1) is 35.9 Å². The summed E-state index contributed by atoms with van der Waals surface area (Å²) in [6, 6.07) is 44.5. The van der Waals surface area contributed by atoms with Gasteiger partial charge in [0.25, 0.3) is 0 Å². The molecule has 8 heteroatoms. The Morgan fingerprint density at radius 2 is 0.786 bits per heavy atom. The Hall–Kier alpha value is -1.38. The second-order valence-corrected chi connectivity index (χ2v) is 17.1. The molecule has 4 aromatic carbocycles. The van der Waals surface area contributed by atoms with Crippen LogP contribution in [-0.2, 0) is 19.5 Å². The van der Waals surface area contributed by atoms with E-state index in [-0.39, 0.29) is 27.4 Å². The maximum absolute atomic E-state index is 8.49. The molecule has 0 spiro atoms. The number of benzene rings is 4. The summed E-state index contributed by atoms with van der Waals surface area (Å²) in [5.41, 5.74) is 0. The van der Waals surface area contributed by atoms with E-state index < -0.39 is 24.9 Å². The average molecular weight is 753 g/mol. The summed E-state index contributed by atoms with van der Waals surface area (Å²) < 4.78 is 37.1. The molecule has 0 unspecified atom stereocenters. The van der Waals surface area contributed by atoms with Gasteiger partial charge in [-0.2, -0.15) is 0 Å². The van der Waals surface area contributed by atoms with Crippen LogP contribution in [0.4, 0.5) is 0 Å². The molecule has 0 aliphatic heterocycles. The molecule has 1 aliphatic rings. The van der Waals surface area contributed by atoms with Crippen molar-refractivity contribution in [1.29, 1.82) is 0 Å². The van der Waals surface area contributed by atoms with Crippen molar-refractivity contribution in [1.82, 2.24) is 0 Å². The summed E-state index contributed by atoms with van der Waals surface area (Å²) in [6.45, 7) is 0. The Bertz CT molecular complexity index is 1010. The summed E-state index contributed by atoms with van der Waals surface area (Å²) >= 11 is -1.32. The molecule has 1 saturated carbocycles. The normalized spacial score (nSPS) is 13.4. The van der Waals surface area contributed by atoms with E-state index in [4.69, 9.17) is 18.6 Å². The first-order chi connectivity index (χ1) is 19.9. The molecule has 5 radical (unpaired) electrons. The summed E-state index contributed by atoms with van der Waals surface area (Å²) in [6.07, 6.45) is 15.2. The van der Waals surface area contributed by atoms with E-state index in [0.29, 0.717) is 0 Å². The zero-order chi connectivity index (χ0) is 29.2. The van der Waals surface area contributed by atoms with E-state index in [9.17, 15) is 0 Å². The first-order valence-corrected chi connectivity index (χ1v) is 19.6. The van der Waals surface area contributed by atoms with Crippen molar-refractivity contribution in [2.24, 2.45) is 0 Å². The van der Waals surface area contributed by atoms with Crippen LogP contribution in [0.3, 0.4) is 0 Å². The van der Waals surface area contributed by atoms with Crippen LogP contribution < -0.4 is 37.9 Å². The van der Waals surface area contributed by atoms with Gasteiger partial charge in [0.1, 0.15) is 0 Å². The van der Waals surface area contributed by atoms with Gasteiger partial charge in [0.15, 0.2) is 0 Å². The van der Waals surface area contributed by atoms with Gasteiger partial charge in [-0.3, -0.25) is 0 Å². The minimum absolute atomic E-state index is 0. The van der Waals surface area contributed by atoms with E-state index in [2.05, 4.69) is 147 Å². The Balaban J connectivity index is 0.000000367. The molecule has 223 valence electrons. The van der Waals surface area contributed by atoms with Gasteiger partial charge in [0.2, 0.25) is 0 Å². The predicted molar refractivity (Wildman–Crippen MR) is 162 cm³/mol. The summed E-state index contributed by atoms with van der Waals surface area (Å²) in [5, 5.41) is 4.26. The van der Waals surface area contributed by atoms with Crippen LogP contribution in [-0.4, -0.2) is 20.8 Å². The second-order valence-electron chi connectivity index (χ2n) is 9.12. The molecular weight excluding hydrogens is 717 g/mol. The molecule has 4 aromatic rings. The van der Waals surface area contributed by atoms with Crippen molar-refractivity contribution in [2.45, 2.75) is 30.9 Å². The third kappa shape index (κ3) is 15.4. The van der Waals surface area contributed by atoms with E-state index in [1.807, 2.05) is 0 Å². The molecule has 1 fully saturated rings. The Morgan fingerprint density at radius 1 is 0.500 bits per heavy atom. The van der Waals surface area contributed by atoms with E-state index in [0.717, 1.165) is 0 Å². The molecular formula is C34H36AsClO4PRh-. The van der Waals surface area contributed by atoms with Crippen LogP contribution in [0.1, 0.15) is 25.7 Å². The Kier molecular flexibility index (Phi) is 18.7. The number of rotatable bonds is 7. The molecule has 0 heterocycles. The SMILES string of the molecule is [CH]1[CH]CC[CH][CH]CC1.[O-][Cl+3]([O-])([O-])[O-].[Rh].c1ccc(P(CC[As](c2ccccc2)c2ccccc2)c2ccccc2)cc1. The van der Waals surface area contributed by atoms with Crippen molar-refractivity contribution in [3.8, 4) is 0 Å². The summed E-state index contributed by atoms with van der Waals surface area (Å²) in [7, 11) is -5.27. The average Bonchev–Trinajstić information content (AvgIpc) is 2.96. The number of hydrogen-bond acceptors (Lipinski definition) is 4. The van der Waals surface area contributed by atoms with Gasteiger partial charge >= 0.3 is 175 Å². The fourth-order valence-corrected chi connectivity index (χ4v) is 13.0. The van der Waals surface area contributed by atoms with Crippen LogP contribution in [0.2, 0.25) is 5.21 Å². The molecule has 1 aliphatic carbocycles. The fourth-order valence-electron chi connectivity index (χ4n) is 4.30. The van der Waals surface area contributed by atoms with Crippen molar-refractivity contribution >= 4 is 41.9 Å². The predicted octanol–water partition coefficient (Wildman–Crippen LogP) is 2.05. The Morgan fingerprint density at radius 3 is 1.10 bits per heavy atom. The van der Waals surface area contributed by atoms with Gasteiger partial charge in [-0.15, -0.1) is 10.2 Å². The fraction of sp³-hybridized carbons (Fsp3) is 0.176. The van der Waals surface area contributed by atoms with Gasteiger partial charge in [-0.25, -0.2) is 18.6 Å². The van der Waals surface area contributed by atoms with E-state index >= 15 is 0 Å². The molecule has 5 rings (SSSR count). The van der Waals surface area contributed by atoms with Crippen molar-refractivity contribution in [3.05, 3.63) is 147 Å². The van der Waals surface area contributed by atoms with Gasteiger partial charge in [0.05, 0.1) is 0 Å². The first kappa shape index (κ1) is 36.8. The van der Waals surface area contributed by atoms with Gasteiger partial charge in [-0.1, -0.05) is 0 Å². The minimum atomic E-state index is -4.94. The summed E-state index contributed by atoms with van der Waals surface area (Å²) in [5.74, 6) is 0. The molecule has 0 atom stereocenters. The molecule has 42 heavy (non-hydrogen) atoms. The molecule has 0 amide bonds. The topological polar surface area (TPSA) is 92.2 Å². The van der Waals surface area contributed by atoms with Crippen molar-refractivity contribution in [2.75, 3.05) is 6.16 Å². The van der Waals surface area contributed by atoms with E-state index in [1.165, 1.54) is 47.7 Å². The third-order valence-corrected chi connectivity index (χ3v) is 14.7. The van der Waals surface area contributed by atoms with E-state index in [1.54, 1.807) is 8.70 Å². The number of halogens is 1. The van der Waals surface area contributed by atoms with Gasteiger partial charge < -0.3 is 0 Å². The zero-order valence-electron chi connectivity index (χ0n) is 23.3. The Labute approximate surface area is 272 Å². The zero-order valence-corrected chi connectivity index (χ0v) is 28.5. The molecule has 0 N–H and O–H groups in total. The van der Waals surface area contributed by atoms with Crippen molar-refractivity contribution < 1.29 is 48.4 Å². The van der Waals surface area contributed by atoms with Crippen LogP contribution in [0.5, 0.6) is 0 Å². The van der Waals surface area contributed by atoms with Crippen LogP contribution in [0.25, 0.3) is 0 Å². The number of hydrogen-bond donors (Lipinski definition) is 0. The quantitative estimate of drug-likeness (QED) is 0.214. The molecule has 4 nitrogen and oxygen atoms in total. The molecule has 0 saturated heterocycles. The maximum atomic E-state index is 8.49.